The van der Waals surface area contributed by atoms with E-state index in [9.17, 15) is 13.2 Å². The number of sulfonamides is 1. The molecule has 0 radical (unpaired) electrons. The maximum atomic E-state index is 11.6. The van der Waals surface area contributed by atoms with Gasteiger partial charge in [-0.05, 0) is 18.4 Å². The highest BCUT2D eigenvalue weighted by atomic mass is 79.9. The molecule has 0 aromatic heterocycles. The molecule has 112 valence electrons. The van der Waals surface area contributed by atoms with Gasteiger partial charge in [-0.1, -0.05) is 53.5 Å². The third kappa shape index (κ3) is 6.15. The summed E-state index contributed by atoms with van der Waals surface area (Å²) >= 11 is 3.13. The summed E-state index contributed by atoms with van der Waals surface area (Å²) in [6.07, 6.45) is 2.16. The van der Waals surface area contributed by atoms with Crippen LogP contribution in [0.25, 0.3) is 0 Å². The van der Waals surface area contributed by atoms with Crippen molar-refractivity contribution < 1.29 is 13.2 Å². The van der Waals surface area contributed by atoms with Gasteiger partial charge >= 0.3 is 0 Å². The Morgan fingerprint density at radius 1 is 1.25 bits per heavy atom. The Hall–Kier alpha value is -0.720. The first-order valence-corrected chi connectivity index (χ1v) is 9.41. The zero-order valence-electron chi connectivity index (χ0n) is 11.6. The van der Waals surface area contributed by atoms with Crippen LogP contribution in [-0.2, 0) is 16.4 Å². The molecular weight excluding hydrogens is 342 g/mol. The third-order valence-corrected chi connectivity index (χ3v) is 4.88. The number of carbonyl (C=O) groups is 1. The summed E-state index contributed by atoms with van der Waals surface area (Å²) < 4.78 is 25.8. The molecular formula is C14H20BrNO3S. The van der Waals surface area contributed by atoms with Crippen LogP contribution in [0.4, 0.5) is 0 Å². The number of hydrogen-bond acceptors (Lipinski definition) is 3. The Kier molecular flexibility index (Phi) is 7.40. The van der Waals surface area contributed by atoms with Gasteiger partial charge in [0.1, 0.15) is 0 Å². The summed E-state index contributed by atoms with van der Waals surface area (Å²) in [4.78, 5) is 11.4. The van der Waals surface area contributed by atoms with Crippen LogP contribution in [-0.4, -0.2) is 31.8 Å². The molecule has 0 aliphatic carbocycles. The standard InChI is InChI=1S/C14H20BrNO3S/c1-2-3-10-20(18,19)16-9-8-12-4-6-13(7-5-12)14(17)11-15/h4-7,16H,2-3,8-11H2,1H3. The quantitative estimate of drug-likeness (QED) is 0.542. The first-order chi connectivity index (χ1) is 9.48. The molecule has 6 heteroatoms. The van der Waals surface area contributed by atoms with Gasteiger partial charge in [0.25, 0.3) is 0 Å². The number of carbonyl (C=O) groups excluding carboxylic acids is 1. The fourth-order valence-electron chi connectivity index (χ4n) is 1.69. The molecule has 0 aliphatic heterocycles. The van der Waals surface area contributed by atoms with Crippen molar-refractivity contribution in [3.05, 3.63) is 35.4 Å². The molecule has 0 spiro atoms. The van der Waals surface area contributed by atoms with Crippen molar-refractivity contribution in [2.75, 3.05) is 17.6 Å². The van der Waals surface area contributed by atoms with Crippen LogP contribution < -0.4 is 4.72 Å². The Morgan fingerprint density at radius 3 is 2.45 bits per heavy atom. The zero-order chi connectivity index (χ0) is 15.0. The second-order valence-electron chi connectivity index (χ2n) is 4.57. The fraction of sp³-hybridized carbons (Fsp3) is 0.500. The lowest BCUT2D eigenvalue weighted by Crippen LogP contribution is -2.28. The number of benzene rings is 1. The molecule has 0 atom stereocenters. The predicted octanol–water partition coefficient (Wildman–Crippen LogP) is 2.53. The van der Waals surface area contributed by atoms with Gasteiger partial charge in [0.15, 0.2) is 5.78 Å². The zero-order valence-corrected chi connectivity index (χ0v) is 14.0. The smallest absolute Gasteiger partial charge is 0.211 e. The molecule has 4 nitrogen and oxygen atoms in total. The molecule has 0 saturated heterocycles. The molecule has 20 heavy (non-hydrogen) atoms. The highest BCUT2D eigenvalue weighted by Gasteiger charge is 2.08. The maximum absolute atomic E-state index is 11.6. The molecule has 0 amide bonds. The van der Waals surface area contributed by atoms with Gasteiger partial charge < -0.3 is 0 Å². The number of alkyl halides is 1. The van der Waals surface area contributed by atoms with Crippen molar-refractivity contribution >= 4 is 31.7 Å². The molecule has 0 bridgehead atoms. The Bertz CT molecular complexity index is 526. The van der Waals surface area contributed by atoms with E-state index in [1.54, 1.807) is 12.1 Å². The van der Waals surface area contributed by atoms with E-state index in [0.29, 0.717) is 30.3 Å². The van der Waals surface area contributed by atoms with Crippen LogP contribution in [0, 0.1) is 0 Å². The van der Waals surface area contributed by atoms with E-state index in [1.165, 1.54) is 0 Å². The normalized spacial score (nSPS) is 11.5. The van der Waals surface area contributed by atoms with Crippen molar-refractivity contribution in [2.45, 2.75) is 26.2 Å². The number of ketones is 1. The van der Waals surface area contributed by atoms with E-state index in [4.69, 9.17) is 0 Å². The molecule has 1 aromatic rings. The lowest BCUT2D eigenvalue weighted by molar-refractivity contribution is 0.102. The van der Waals surface area contributed by atoms with Crippen LogP contribution in [0.1, 0.15) is 35.7 Å². The van der Waals surface area contributed by atoms with Crippen molar-refractivity contribution in [3.63, 3.8) is 0 Å². The third-order valence-electron chi connectivity index (χ3n) is 2.90. The summed E-state index contributed by atoms with van der Waals surface area (Å²) in [7, 11) is -3.15. The van der Waals surface area contributed by atoms with Crippen molar-refractivity contribution in [1.29, 1.82) is 0 Å². The lowest BCUT2D eigenvalue weighted by atomic mass is 10.1. The molecule has 0 saturated carbocycles. The van der Waals surface area contributed by atoms with Gasteiger partial charge in [-0.3, -0.25) is 4.79 Å². The lowest BCUT2D eigenvalue weighted by Gasteiger charge is -2.06. The fourth-order valence-corrected chi connectivity index (χ4v) is 3.24. The predicted molar refractivity (Wildman–Crippen MR) is 85.0 cm³/mol. The molecule has 1 N–H and O–H groups in total. The first kappa shape index (κ1) is 17.3. The minimum Gasteiger partial charge on any atom is -0.293 e. The summed E-state index contributed by atoms with van der Waals surface area (Å²) in [6, 6.07) is 7.25. The maximum Gasteiger partial charge on any atom is 0.211 e. The number of unbranched alkanes of at least 4 members (excludes halogenated alkanes) is 1. The second kappa shape index (κ2) is 8.54. The summed E-state index contributed by atoms with van der Waals surface area (Å²) in [5.41, 5.74) is 1.67. The van der Waals surface area contributed by atoms with Crippen molar-refractivity contribution in [1.82, 2.24) is 4.72 Å². The molecule has 1 aromatic carbocycles. The molecule has 0 heterocycles. The van der Waals surface area contributed by atoms with Crippen molar-refractivity contribution in [3.8, 4) is 0 Å². The van der Waals surface area contributed by atoms with E-state index in [2.05, 4.69) is 20.7 Å². The van der Waals surface area contributed by atoms with E-state index in [1.807, 2.05) is 19.1 Å². The second-order valence-corrected chi connectivity index (χ2v) is 7.06. The first-order valence-electron chi connectivity index (χ1n) is 6.64. The number of rotatable bonds is 9. The average molecular weight is 362 g/mol. The average Bonchev–Trinajstić information content (AvgIpc) is 2.45. The van der Waals surface area contributed by atoms with Gasteiger partial charge in [-0.25, -0.2) is 13.1 Å². The largest absolute Gasteiger partial charge is 0.293 e. The molecule has 0 aliphatic rings. The minimum absolute atomic E-state index is 0.0387. The van der Waals surface area contributed by atoms with Crippen LogP contribution in [0.5, 0.6) is 0 Å². The highest BCUT2D eigenvalue weighted by Crippen LogP contribution is 2.07. The van der Waals surface area contributed by atoms with Gasteiger partial charge in [0.2, 0.25) is 10.0 Å². The number of Topliss-reactive ketones (excluding diaryl/α,β-unsaturated/α-hetero) is 1. The minimum atomic E-state index is -3.15. The SMILES string of the molecule is CCCCS(=O)(=O)NCCc1ccc(C(=O)CBr)cc1. The number of halogens is 1. The van der Waals surface area contributed by atoms with E-state index in [0.717, 1.165) is 12.0 Å². The van der Waals surface area contributed by atoms with Gasteiger partial charge in [0, 0.05) is 12.1 Å². The monoisotopic (exact) mass is 361 g/mol. The van der Waals surface area contributed by atoms with Gasteiger partial charge in [0.05, 0.1) is 11.1 Å². The van der Waals surface area contributed by atoms with Gasteiger partial charge in [-0.15, -0.1) is 0 Å². The Balaban J connectivity index is 2.44. The van der Waals surface area contributed by atoms with Crippen LogP contribution in [0.3, 0.4) is 0 Å². The Morgan fingerprint density at radius 2 is 1.90 bits per heavy atom. The van der Waals surface area contributed by atoms with Crippen LogP contribution in [0.2, 0.25) is 0 Å². The topological polar surface area (TPSA) is 63.2 Å². The Labute approximate surface area is 129 Å². The highest BCUT2D eigenvalue weighted by molar-refractivity contribution is 9.09. The summed E-state index contributed by atoms with van der Waals surface area (Å²) in [5.74, 6) is 0.221. The van der Waals surface area contributed by atoms with Gasteiger partial charge in [-0.2, -0.15) is 0 Å². The summed E-state index contributed by atoms with van der Waals surface area (Å²) in [6.45, 7) is 2.35. The van der Waals surface area contributed by atoms with E-state index < -0.39 is 10.0 Å². The van der Waals surface area contributed by atoms with E-state index >= 15 is 0 Å². The van der Waals surface area contributed by atoms with Crippen LogP contribution >= 0.6 is 15.9 Å². The van der Waals surface area contributed by atoms with Crippen molar-refractivity contribution in [2.24, 2.45) is 0 Å². The molecule has 0 unspecified atom stereocenters. The number of hydrogen-bond donors (Lipinski definition) is 1. The van der Waals surface area contributed by atoms with E-state index in [-0.39, 0.29) is 11.5 Å². The van der Waals surface area contributed by atoms with Crippen LogP contribution in [0.15, 0.2) is 24.3 Å². The molecule has 1 rings (SSSR count). The summed E-state index contributed by atoms with van der Waals surface area (Å²) in [5, 5.41) is 0.309. The number of nitrogens with one attached hydrogen (secondary N) is 1. The molecule has 0 fully saturated rings.